The minimum absolute atomic E-state index is 0.112. The maximum atomic E-state index is 13.7. The van der Waals surface area contributed by atoms with Gasteiger partial charge in [-0.1, -0.05) is 6.07 Å². The molecular weight excluding hydrogens is 213 g/mol. The van der Waals surface area contributed by atoms with Crippen LogP contribution < -0.4 is 0 Å². The van der Waals surface area contributed by atoms with Crippen molar-refractivity contribution in [3.8, 4) is 5.69 Å². The van der Waals surface area contributed by atoms with E-state index in [2.05, 4.69) is 10.2 Å². The molecule has 0 aliphatic carbocycles. The largest absolute Gasteiger partial charge is 0.478 e. The van der Waals surface area contributed by atoms with Gasteiger partial charge in [0.25, 0.3) is 0 Å². The molecule has 1 aromatic carbocycles. The molecule has 0 saturated heterocycles. The number of nitrogens with zero attached hydrogens (tertiary/aromatic N) is 3. The molecule has 0 amide bonds. The van der Waals surface area contributed by atoms with Crippen molar-refractivity contribution >= 4 is 5.97 Å². The molecule has 0 spiro atoms. The lowest BCUT2D eigenvalue weighted by molar-refractivity contribution is 0.0691. The summed E-state index contributed by atoms with van der Waals surface area (Å²) >= 11 is 0. The Bertz CT molecular complexity index is 537. The second-order valence-corrected chi connectivity index (χ2v) is 3.21. The summed E-state index contributed by atoms with van der Waals surface area (Å²) in [5.41, 5.74) is -0.0369. The van der Waals surface area contributed by atoms with Crippen molar-refractivity contribution in [1.29, 1.82) is 0 Å². The summed E-state index contributed by atoms with van der Waals surface area (Å²) < 4.78 is 13.7. The van der Waals surface area contributed by atoms with Crippen LogP contribution in [0.2, 0.25) is 0 Å². The molecule has 2 rings (SSSR count). The number of benzene rings is 1. The molecule has 0 bridgehead atoms. The van der Waals surface area contributed by atoms with Gasteiger partial charge in [-0.3, -0.25) is 0 Å². The highest BCUT2D eigenvalue weighted by molar-refractivity contribution is 5.92. The van der Waals surface area contributed by atoms with Gasteiger partial charge in [0.2, 0.25) is 0 Å². The van der Waals surface area contributed by atoms with E-state index in [0.29, 0.717) is 0 Å². The van der Waals surface area contributed by atoms with Crippen molar-refractivity contribution in [2.24, 2.45) is 0 Å². The average molecular weight is 221 g/mol. The Hall–Kier alpha value is -2.24. The lowest BCUT2D eigenvalue weighted by atomic mass is 10.1. The van der Waals surface area contributed by atoms with Crippen LogP contribution in [0.25, 0.3) is 5.69 Å². The molecule has 0 aliphatic rings. The van der Waals surface area contributed by atoms with E-state index in [9.17, 15) is 9.18 Å². The van der Waals surface area contributed by atoms with Crippen molar-refractivity contribution in [3.05, 3.63) is 41.5 Å². The summed E-state index contributed by atoms with van der Waals surface area (Å²) in [6.07, 6.45) is 2.78. The minimum Gasteiger partial charge on any atom is -0.478 e. The molecule has 0 aliphatic heterocycles. The third-order valence-electron chi connectivity index (χ3n) is 2.16. The van der Waals surface area contributed by atoms with Crippen molar-refractivity contribution in [2.45, 2.75) is 6.92 Å². The monoisotopic (exact) mass is 221 g/mol. The molecule has 1 heterocycles. The number of hydrogen-bond donors (Lipinski definition) is 1. The van der Waals surface area contributed by atoms with Gasteiger partial charge in [-0.25, -0.2) is 9.18 Å². The Morgan fingerprint density at radius 1 is 1.38 bits per heavy atom. The number of halogens is 1. The highest BCUT2D eigenvalue weighted by Gasteiger charge is 2.19. The van der Waals surface area contributed by atoms with Crippen molar-refractivity contribution < 1.29 is 14.3 Å². The van der Waals surface area contributed by atoms with Crippen LogP contribution in [-0.2, 0) is 0 Å². The van der Waals surface area contributed by atoms with E-state index in [1.54, 1.807) is 0 Å². The fourth-order valence-corrected chi connectivity index (χ4v) is 1.38. The highest BCUT2D eigenvalue weighted by atomic mass is 19.1. The third-order valence-corrected chi connectivity index (χ3v) is 2.16. The summed E-state index contributed by atoms with van der Waals surface area (Å²) in [5, 5.41) is 16.5. The zero-order chi connectivity index (χ0) is 11.7. The van der Waals surface area contributed by atoms with Crippen LogP contribution in [0.3, 0.4) is 0 Å². The van der Waals surface area contributed by atoms with E-state index >= 15 is 0 Å². The Morgan fingerprint density at radius 2 is 2.00 bits per heavy atom. The summed E-state index contributed by atoms with van der Waals surface area (Å²) in [6.45, 7) is 1.50. The molecule has 1 N–H and O–H groups in total. The zero-order valence-corrected chi connectivity index (χ0v) is 8.38. The third kappa shape index (κ3) is 1.54. The molecule has 0 saturated carbocycles. The number of rotatable bonds is 2. The maximum absolute atomic E-state index is 13.7. The maximum Gasteiger partial charge on any atom is 0.340 e. The van der Waals surface area contributed by atoms with Gasteiger partial charge >= 0.3 is 5.97 Å². The standard InChI is InChI=1S/C10H8FN3O2/c1-6-2-3-7(14-12-4-5-13-14)8(9(6)11)10(15)16/h2-5H,1H3,(H,15,16). The lowest BCUT2D eigenvalue weighted by Gasteiger charge is -2.07. The summed E-state index contributed by atoms with van der Waals surface area (Å²) in [6, 6.07) is 2.96. The summed E-state index contributed by atoms with van der Waals surface area (Å²) in [5.74, 6) is -2.10. The van der Waals surface area contributed by atoms with E-state index < -0.39 is 17.3 Å². The van der Waals surface area contributed by atoms with Crippen LogP contribution >= 0.6 is 0 Å². The van der Waals surface area contributed by atoms with E-state index in [0.717, 1.165) is 4.80 Å². The van der Waals surface area contributed by atoms with Crippen LogP contribution in [0.4, 0.5) is 4.39 Å². The van der Waals surface area contributed by atoms with Gasteiger partial charge in [0.05, 0.1) is 12.4 Å². The predicted molar refractivity (Wildman–Crippen MR) is 53.0 cm³/mol. The first kappa shape index (κ1) is 10.3. The molecule has 0 fully saturated rings. The molecule has 5 nitrogen and oxygen atoms in total. The van der Waals surface area contributed by atoms with E-state index in [1.807, 2.05) is 0 Å². The molecule has 0 atom stereocenters. The van der Waals surface area contributed by atoms with Gasteiger partial charge in [0.1, 0.15) is 17.1 Å². The summed E-state index contributed by atoms with van der Waals surface area (Å²) in [4.78, 5) is 12.1. The molecule has 6 heteroatoms. The normalized spacial score (nSPS) is 10.4. The van der Waals surface area contributed by atoms with Gasteiger partial charge < -0.3 is 5.11 Å². The average Bonchev–Trinajstić information content (AvgIpc) is 2.74. The van der Waals surface area contributed by atoms with Crippen LogP contribution in [0.1, 0.15) is 15.9 Å². The van der Waals surface area contributed by atoms with Crippen molar-refractivity contribution in [2.75, 3.05) is 0 Å². The number of carboxylic acids is 1. The molecule has 1 aromatic heterocycles. The Morgan fingerprint density at radius 3 is 2.56 bits per heavy atom. The lowest BCUT2D eigenvalue weighted by Crippen LogP contribution is -2.11. The first-order valence-corrected chi connectivity index (χ1v) is 4.50. The van der Waals surface area contributed by atoms with Gasteiger partial charge in [0.15, 0.2) is 0 Å². The molecule has 82 valence electrons. The topological polar surface area (TPSA) is 68.0 Å². The minimum atomic E-state index is -1.34. The molecule has 2 aromatic rings. The zero-order valence-electron chi connectivity index (χ0n) is 8.38. The molecule has 0 radical (unpaired) electrons. The van der Waals surface area contributed by atoms with Gasteiger partial charge in [-0.05, 0) is 18.6 Å². The number of aromatic carboxylic acids is 1. The fourth-order valence-electron chi connectivity index (χ4n) is 1.38. The molecule has 16 heavy (non-hydrogen) atoms. The Kier molecular flexibility index (Phi) is 2.40. The van der Waals surface area contributed by atoms with Crippen LogP contribution in [0.15, 0.2) is 24.5 Å². The Balaban J connectivity index is 2.71. The van der Waals surface area contributed by atoms with Crippen LogP contribution in [-0.4, -0.2) is 26.1 Å². The van der Waals surface area contributed by atoms with Gasteiger partial charge in [-0.15, -0.1) is 0 Å². The quantitative estimate of drug-likeness (QED) is 0.832. The highest BCUT2D eigenvalue weighted by Crippen LogP contribution is 2.19. The van der Waals surface area contributed by atoms with Crippen LogP contribution in [0, 0.1) is 12.7 Å². The van der Waals surface area contributed by atoms with Crippen molar-refractivity contribution in [1.82, 2.24) is 15.0 Å². The van der Waals surface area contributed by atoms with Crippen LogP contribution in [0.5, 0.6) is 0 Å². The van der Waals surface area contributed by atoms with Gasteiger partial charge in [0, 0.05) is 0 Å². The first-order chi connectivity index (χ1) is 7.61. The number of carbonyl (C=O) groups is 1. The number of carboxylic acid groups (broad SMARTS) is 1. The van der Waals surface area contributed by atoms with E-state index in [-0.39, 0.29) is 11.3 Å². The second kappa shape index (κ2) is 3.73. The van der Waals surface area contributed by atoms with E-state index in [1.165, 1.54) is 31.5 Å². The summed E-state index contributed by atoms with van der Waals surface area (Å²) in [7, 11) is 0. The first-order valence-electron chi connectivity index (χ1n) is 4.50. The number of aromatic nitrogens is 3. The fraction of sp³-hybridized carbons (Fsp3) is 0.100. The number of hydrogen-bond acceptors (Lipinski definition) is 3. The molecule has 0 unspecified atom stereocenters. The smallest absolute Gasteiger partial charge is 0.340 e. The molecular formula is C10H8FN3O2. The van der Waals surface area contributed by atoms with E-state index in [4.69, 9.17) is 5.11 Å². The SMILES string of the molecule is Cc1ccc(-n2nccn2)c(C(=O)O)c1F. The predicted octanol–water partition coefficient (Wildman–Crippen LogP) is 1.41. The van der Waals surface area contributed by atoms with Gasteiger partial charge in [-0.2, -0.15) is 15.0 Å². The number of aryl methyl sites for hydroxylation is 1. The second-order valence-electron chi connectivity index (χ2n) is 3.21. The van der Waals surface area contributed by atoms with Crippen molar-refractivity contribution in [3.63, 3.8) is 0 Å². The Labute approximate surface area is 90.1 Å².